The Balaban J connectivity index is 1.12. The molecule has 2 fully saturated rings. The van der Waals surface area contributed by atoms with Gasteiger partial charge in [0.15, 0.2) is 17.9 Å². The summed E-state index contributed by atoms with van der Waals surface area (Å²) < 4.78 is 12.2. The Kier molecular flexibility index (Phi) is 13.3. The van der Waals surface area contributed by atoms with Gasteiger partial charge >= 0.3 is 11.9 Å². The molecule has 0 spiro atoms. The Morgan fingerprint density at radius 3 is 2.43 bits per heavy atom. The summed E-state index contributed by atoms with van der Waals surface area (Å²) in [4.78, 5) is 89.2. The molecule has 2 aliphatic carbocycles. The van der Waals surface area contributed by atoms with Crippen LogP contribution in [0, 0.1) is 0 Å². The maximum atomic E-state index is 13.7. The number of thioether (sulfide) groups is 1. The van der Waals surface area contributed by atoms with Gasteiger partial charge in [-0.25, -0.2) is 0 Å². The van der Waals surface area contributed by atoms with E-state index in [1.54, 1.807) is 6.92 Å². The van der Waals surface area contributed by atoms with Crippen LogP contribution in [0.2, 0.25) is 0 Å². The summed E-state index contributed by atoms with van der Waals surface area (Å²) in [6.07, 6.45) is -6.44. The highest BCUT2D eigenvalue weighted by atomic mass is 32.2. The number of nitrogens with one attached hydrogen (secondary N) is 2. The molecule has 8 atom stereocenters. The second-order valence-electron chi connectivity index (χ2n) is 15.1. The van der Waals surface area contributed by atoms with Gasteiger partial charge in [-0.1, -0.05) is 12.1 Å². The standard InChI is InChI=1S/C39H45N3O17S/c1-16-32(49)19(40-6-3-8-42-25(46)12-23(37(42)54)60-9-7-41-20(38(55)56)10-26(47)48)11-27(58-16)59-22-14-39(57,24(45)15-43)13-18-29(22)36(53)31-30(34(18)51)33(50)17-4-2-5-21(44)28(17)35(31)52/h2,4-5,16,19-20,22-23,27,32,40-41,43-44,49,51,53,57H,3,6-15H2,1H3,(H,47,48)(H,55,56)/t16-,19-,20-,22-,23?,27-,32+,39-/m0/s1. The van der Waals surface area contributed by atoms with Gasteiger partial charge in [-0.3, -0.25) is 38.5 Å². The molecule has 2 saturated heterocycles. The van der Waals surface area contributed by atoms with Crippen LogP contribution in [0.25, 0.3) is 0 Å². The first-order valence-electron chi connectivity index (χ1n) is 19.1. The van der Waals surface area contributed by atoms with Crippen molar-refractivity contribution in [3.63, 3.8) is 0 Å². The van der Waals surface area contributed by atoms with Gasteiger partial charge in [-0.05, 0) is 26.0 Å². The lowest BCUT2D eigenvalue weighted by Gasteiger charge is -2.43. The number of carbonyl (C=O) groups is 7. The molecule has 2 aromatic carbocycles. The van der Waals surface area contributed by atoms with E-state index in [0.29, 0.717) is 0 Å². The number of carboxylic acid groups (broad SMARTS) is 2. The van der Waals surface area contributed by atoms with E-state index >= 15 is 0 Å². The predicted octanol–water partition coefficient (Wildman–Crippen LogP) is -0.902. The Labute approximate surface area is 345 Å². The molecule has 2 aromatic rings. The van der Waals surface area contributed by atoms with Gasteiger partial charge in [0.1, 0.15) is 35.5 Å². The minimum atomic E-state index is -2.37. The third-order valence-corrected chi connectivity index (χ3v) is 12.4. The Hall–Kier alpha value is -5.00. The van der Waals surface area contributed by atoms with Crippen LogP contribution >= 0.6 is 11.8 Å². The first-order chi connectivity index (χ1) is 28.4. The van der Waals surface area contributed by atoms with Crippen LogP contribution < -0.4 is 10.6 Å². The lowest BCUT2D eigenvalue weighted by atomic mass is 9.72. The topological polar surface area (TPSA) is 327 Å². The summed E-state index contributed by atoms with van der Waals surface area (Å²) >= 11 is 1.14. The monoisotopic (exact) mass is 859 g/mol. The highest BCUT2D eigenvalue weighted by molar-refractivity contribution is 8.00. The number of phenols is 3. The molecule has 6 rings (SSSR count). The summed E-state index contributed by atoms with van der Waals surface area (Å²) in [6.45, 7) is 0.775. The first-order valence-corrected chi connectivity index (χ1v) is 20.2. The largest absolute Gasteiger partial charge is 0.507 e. The summed E-state index contributed by atoms with van der Waals surface area (Å²) in [5.74, 6) is -8.27. The van der Waals surface area contributed by atoms with E-state index in [9.17, 15) is 69.3 Å². The molecule has 2 aliphatic heterocycles. The van der Waals surface area contributed by atoms with Gasteiger partial charge < -0.3 is 61.0 Å². The number of ether oxygens (including phenoxy) is 2. The maximum absolute atomic E-state index is 13.7. The van der Waals surface area contributed by atoms with Crippen LogP contribution in [0.4, 0.5) is 0 Å². The van der Waals surface area contributed by atoms with Crippen LogP contribution in [0.1, 0.15) is 88.1 Å². The smallest absolute Gasteiger partial charge is 0.321 e. The first kappa shape index (κ1) is 44.5. The highest BCUT2D eigenvalue weighted by Gasteiger charge is 2.50. The number of fused-ring (bicyclic) bond motifs is 3. The molecule has 324 valence electrons. The molecule has 1 unspecified atom stereocenters. The molecule has 60 heavy (non-hydrogen) atoms. The van der Waals surface area contributed by atoms with Crippen molar-refractivity contribution < 1.29 is 83.9 Å². The van der Waals surface area contributed by atoms with Crippen LogP contribution in [-0.2, 0) is 39.9 Å². The SMILES string of the molecule is C[C@@H]1O[C@@H](O[C@H]2C[C@](O)(C(=O)CO)Cc3c(O)c4c(c(O)c32)C(=O)c2c(O)cccc2C4=O)C[C@H](NCCCN2C(=O)CC(SCCN[C@@H](CC(=O)O)C(=O)O)C2=O)[C@@H]1O. The van der Waals surface area contributed by atoms with Crippen LogP contribution in [0.3, 0.4) is 0 Å². The number of rotatable bonds is 17. The number of carbonyl (C=O) groups excluding carboxylic acids is 5. The molecule has 0 aromatic heterocycles. The average molecular weight is 860 g/mol. The second kappa shape index (κ2) is 17.9. The molecular formula is C39H45N3O17S. The van der Waals surface area contributed by atoms with Gasteiger partial charge in [0.25, 0.3) is 0 Å². The number of hydrogen-bond donors (Lipinski definition) is 10. The molecule has 0 saturated carbocycles. The van der Waals surface area contributed by atoms with Crippen molar-refractivity contribution in [3.05, 3.63) is 51.6 Å². The molecule has 2 amide bonds. The number of ketones is 3. The van der Waals surface area contributed by atoms with Crippen molar-refractivity contribution in [2.75, 3.05) is 32.0 Å². The quantitative estimate of drug-likeness (QED) is 0.0447. The van der Waals surface area contributed by atoms with Gasteiger partial charge in [0, 0.05) is 67.3 Å². The van der Waals surface area contributed by atoms with Gasteiger partial charge in [-0.15, -0.1) is 11.8 Å². The number of hydrogen-bond acceptors (Lipinski definition) is 18. The molecule has 0 bridgehead atoms. The number of aliphatic carboxylic acids is 2. The van der Waals surface area contributed by atoms with Crippen molar-refractivity contribution in [1.29, 1.82) is 0 Å². The number of Topliss-reactive ketones (excluding diaryl/α,β-unsaturated/α-hetero) is 1. The van der Waals surface area contributed by atoms with E-state index in [1.807, 2.05) is 0 Å². The number of likely N-dealkylation sites (tertiary alicyclic amines) is 1. The summed E-state index contributed by atoms with van der Waals surface area (Å²) in [5, 5.41) is 89.1. The molecule has 4 aliphatic rings. The van der Waals surface area contributed by atoms with E-state index in [1.165, 1.54) is 18.2 Å². The lowest BCUT2D eigenvalue weighted by Crippen LogP contribution is -2.55. The summed E-state index contributed by atoms with van der Waals surface area (Å²) in [7, 11) is 0. The molecule has 20 nitrogen and oxygen atoms in total. The minimum absolute atomic E-state index is 0.0430. The fraction of sp³-hybridized carbons (Fsp3) is 0.513. The fourth-order valence-electron chi connectivity index (χ4n) is 8.16. The Bertz CT molecular complexity index is 2110. The van der Waals surface area contributed by atoms with Crippen molar-refractivity contribution in [2.45, 2.75) is 93.0 Å². The Morgan fingerprint density at radius 1 is 1.03 bits per heavy atom. The van der Waals surface area contributed by atoms with E-state index in [4.69, 9.17) is 14.6 Å². The fourth-order valence-corrected chi connectivity index (χ4v) is 9.21. The zero-order chi connectivity index (χ0) is 43.8. The normalized spacial score (nSPS) is 26.7. The number of aliphatic hydroxyl groups is 3. The molecular weight excluding hydrogens is 815 g/mol. The third kappa shape index (κ3) is 8.61. The number of imide groups is 1. The van der Waals surface area contributed by atoms with Crippen molar-refractivity contribution in [3.8, 4) is 17.2 Å². The number of phenolic OH excluding ortho intramolecular Hbond substituents is 3. The maximum Gasteiger partial charge on any atom is 0.321 e. The van der Waals surface area contributed by atoms with Crippen LogP contribution in [-0.4, -0.2) is 160 Å². The van der Waals surface area contributed by atoms with E-state index in [2.05, 4.69) is 10.6 Å². The average Bonchev–Trinajstić information content (AvgIpc) is 3.46. The number of benzene rings is 2. The minimum Gasteiger partial charge on any atom is -0.507 e. The number of carboxylic acids is 2. The van der Waals surface area contributed by atoms with Crippen molar-refractivity contribution >= 4 is 52.9 Å². The predicted molar refractivity (Wildman–Crippen MR) is 205 cm³/mol. The summed E-state index contributed by atoms with van der Waals surface area (Å²) in [5.41, 5.74) is -4.76. The zero-order valence-corrected chi connectivity index (χ0v) is 33.0. The third-order valence-electron chi connectivity index (χ3n) is 11.2. The van der Waals surface area contributed by atoms with Crippen LogP contribution in [0.15, 0.2) is 18.2 Å². The van der Waals surface area contributed by atoms with E-state index in [0.717, 1.165) is 16.7 Å². The number of amides is 2. The molecule has 2 heterocycles. The van der Waals surface area contributed by atoms with Crippen LogP contribution in [0.5, 0.6) is 17.2 Å². The zero-order valence-electron chi connectivity index (χ0n) is 32.2. The van der Waals surface area contributed by atoms with Gasteiger partial charge in [0.05, 0.1) is 46.7 Å². The number of aromatic hydroxyl groups is 3. The number of aliphatic hydroxyl groups excluding tert-OH is 2. The number of nitrogens with zero attached hydrogens (tertiary/aromatic N) is 1. The van der Waals surface area contributed by atoms with Crippen molar-refractivity contribution in [1.82, 2.24) is 15.5 Å². The van der Waals surface area contributed by atoms with E-state index in [-0.39, 0.29) is 61.3 Å². The summed E-state index contributed by atoms with van der Waals surface area (Å²) in [6, 6.07) is 1.72. The Morgan fingerprint density at radius 2 is 1.75 bits per heavy atom. The van der Waals surface area contributed by atoms with Crippen molar-refractivity contribution in [2.24, 2.45) is 0 Å². The van der Waals surface area contributed by atoms with E-state index < -0.39 is 148 Å². The highest BCUT2D eigenvalue weighted by Crippen LogP contribution is 2.52. The van der Waals surface area contributed by atoms with Gasteiger partial charge in [0.2, 0.25) is 17.6 Å². The molecule has 0 radical (unpaired) electrons. The van der Waals surface area contributed by atoms with Gasteiger partial charge in [-0.2, -0.15) is 0 Å². The molecule has 10 N–H and O–H groups in total. The second-order valence-corrected chi connectivity index (χ2v) is 16.4. The lowest BCUT2D eigenvalue weighted by molar-refractivity contribution is -0.249. The molecule has 21 heteroatoms.